The molecule has 4 nitrogen and oxygen atoms in total. The van der Waals surface area contributed by atoms with E-state index in [0.29, 0.717) is 13.0 Å². The molecule has 0 bridgehead atoms. The Morgan fingerprint density at radius 3 is 2.30 bits per heavy atom. The summed E-state index contributed by atoms with van der Waals surface area (Å²) in [5.41, 5.74) is 1.01. The highest BCUT2D eigenvalue weighted by Crippen LogP contribution is 2.15. The van der Waals surface area contributed by atoms with Gasteiger partial charge in [-0.25, -0.2) is 17.1 Å². The number of hydrogen-bond donors (Lipinski definition) is 0. The van der Waals surface area contributed by atoms with Crippen molar-refractivity contribution in [2.24, 2.45) is 0 Å². The Balaban J connectivity index is 2.08. The molecule has 0 N–H and O–H groups in total. The summed E-state index contributed by atoms with van der Waals surface area (Å²) >= 11 is 0. The number of pyridine rings is 1. The van der Waals surface area contributed by atoms with Crippen LogP contribution in [0.2, 0.25) is 0 Å². The molecule has 0 aliphatic rings. The van der Waals surface area contributed by atoms with Crippen molar-refractivity contribution < 1.29 is 12.8 Å². The molecule has 0 radical (unpaired) electrons. The highest BCUT2D eigenvalue weighted by Gasteiger charge is 2.20. The zero-order valence-electron chi connectivity index (χ0n) is 11.0. The first kappa shape index (κ1) is 14.6. The molecule has 0 amide bonds. The van der Waals surface area contributed by atoms with Gasteiger partial charge in [-0.05, 0) is 48.4 Å². The van der Waals surface area contributed by atoms with E-state index in [1.54, 1.807) is 12.4 Å². The quantitative estimate of drug-likeness (QED) is 0.848. The molecule has 106 valence electrons. The molecule has 1 heterocycles. The third kappa shape index (κ3) is 3.40. The van der Waals surface area contributed by atoms with Gasteiger partial charge in [0.15, 0.2) is 0 Å². The molecule has 0 unspecified atom stereocenters. The van der Waals surface area contributed by atoms with Gasteiger partial charge in [0.1, 0.15) is 5.82 Å². The van der Waals surface area contributed by atoms with E-state index in [9.17, 15) is 12.8 Å². The van der Waals surface area contributed by atoms with Crippen LogP contribution in [-0.4, -0.2) is 31.3 Å². The lowest BCUT2D eigenvalue weighted by Gasteiger charge is -2.17. The summed E-state index contributed by atoms with van der Waals surface area (Å²) < 4.78 is 38.6. The Morgan fingerprint density at radius 2 is 1.70 bits per heavy atom. The molecular weight excluding hydrogens is 279 g/mol. The Morgan fingerprint density at radius 1 is 1.10 bits per heavy atom. The highest BCUT2D eigenvalue weighted by molar-refractivity contribution is 7.89. The fourth-order valence-corrected chi connectivity index (χ4v) is 2.91. The van der Waals surface area contributed by atoms with E-state index in [1.165, 1.54) is 23.5 Å². The molecule has 0 aliphatic carbocycles. The average Bonchev–Trinajstić information content (AvgIpc) is 2.46. The number of halogens is 1. The van der Waals surface area contributed by atoms with Crippen LogP contribution in [0.3, 0.4) is 0 Å². The summed E-state index contributed by atoms with van der Waals surface area (Å²) in [5.74, 6) is -0.455. The molecule has 1 aromatic heterocycles. The molecule has 0 saturated carbocycles. The van der Waals surface area contributed by atoms with Gasteiger partial charge in [-0.15, -0.1) is 0 Å². The summed E-state index contributed by atoms with van der Waals surface area (Å²) in [7, 11) is -2.06. The van der Waals surface area contributed by atoms with Crippen molar-refractivity contribution in [1.82, 2.24) is 9.29 Å². The van der Waals surface area contributed by atoms with Crippen molar-refractivity contribution in [3.05, 3.63) is 60.2 Å². The minimum absolute atomic E-state index is 0.0936. The number of sulfonamides is 1. The molecule has 2 aromatic rings. The van der Waals surface area contributed by atoms with E-state index in [-0.39, 0.29) is 4.90 Å². The molecule has 2 rings (SSSR count). The van der Waals surface area contributed by atoms with Gasteiger partial charge < -0.3 is 0 Å². The smallest absolute Gasteiger partial charge is 0.242 e. The molecule has 0 saturated heterocycles. The van der Waals surface area contributed by atoms with Crippen LogP contribution < -0.4 is 0 Å². The summed E-state index contributed by atoms with van der Waals surface area (Å²) in [6, 6.07) is 8.52. The van der Waals surface area contributed by atoms with Crippen LogP contribution in [0.1, 0.15) is 5.56 Å². The monoisotopic (exact) mass is 294 g/mol. The molecule has 0 fully saturated rings. The number of benzene rings is 1. The lowest BCUT2D eigenvalue weighted by molar-refractivity contribution is 0.472. The minimum Gasteiger partial charge on any atom is -0.265 e. The van der Waals surface area contributed by atoms with E-state index in [0.717, 1.165) is 17.7 Å². The summed E-state index contributed by atoms with van der Waals surface area (Å²) in [4.78, 5) is 4.00. The SMILES string of the molecule is CN(CCc1ccncc1)S(=O)(=O)c1ccc(F)cc1. The van der Waals surface area contributed by atoms with Gasteiger partial charge >= 0.3 is 0 Å². The maximum Gasteiger partial charge on any atom is 0.242 e. The van der Waals surface area contributed by atoms with Crippen LogP contribution in [0.15, 0.2) is 53.7 Å². The van der Waals surface area contributed by atoms with Gasteiger partial charge in [-0.1, -0.05) is 0 Å². The first-order valence-corrected chi connectivity index (χ1v) is 7.55. The van der Waals surface area contributed by atoms with Gasteiger partial charge in [-0.3, -0.25) is 4.98 Å². The Bertz CT molecular complexity index is 657. The van der Waals surface area contributed by atoms with E-state index in [1.807, 2.05) is 12.1 Å². The van der Waals surface area contributed by atoms with Gasteiger partial charge in [0.25, 0.3) is 0 Å². The lowest BCUT2D eigenvalue weighted by Crippen LogP contribution is -2.29. The van der Waals surface area contributed by atoms with Gasteiger partial charge in [0.05, 0.1) is 4.90 Å². The van der Waals surface area contributed by atoms with Crippen molar-refractivity contribution in [3.8, 4) is 0 Å². The Labute approximate surface area is 117 Å². The van der Waals surface area contributed by atoms with E-state index in [2.05, 4.69) is 4.98 Å². The standard InChI is InChI=1S/C14H15FN2O2S/c1-17(11-8-12-6-9-16-10-7-12)20(18,19)14-4-2-13(15)3-5-14/h2-7,9-10H,8,11H2,1H3. The van der Waals surface area contributed by atoms with Crippen LogP contribution in [-0.2, 0) is 16.4 Å². The summed E-state index contributed by atoms with van der Waals surface area (Å²) in [5, 5.41) is 0. The topological polar surface area (TPSA) is 50.3 Å². The molecule has 0 atom stereocenters. The number of hydrogen-bond acceptors (Lipinski definition) is 3. The van der Waals surface area contributed by atoms with Crippen LogP contribution in [0, 0.1) is 5.82 Å². The van der Waals surface area contributed by atoms with Gasteiger partial charge in [0, 0.05) is 26.0 Å². The number of likely N-dealkylation sites (N-methyl/N-ethyl adjacent to an activating group) is 1. The second kappa shape index (κ2) is 6.11. The summed E-state index contributed by atoms with van der Waals surface area (Å²) in [6.45, 7) is 0.351. The Kier molecular flexibility index (Phi) is 4.46. The van der Waals surface area contributed by atoms with Crippen molar-refractivity contribution in [2.75, 3.05) is 13.6 Å². The van der Waals surface area contributed by atoms with E-state index >= 15 is 0 Å². The molecular formula is C14H15FN2O2S. The number of aromatic nitrogens is 1. The second-order valence-electron chi connectivity index (χ2n) is 4.39. The van der Waals surface area contributed by atoms with Crippen molar-refractivity contribution in [1.29, 1.82) is 0 Å². The average molecular weight is 294 g/mol. The normalized spacial score (nSPS) is 11.8. The fourth-order valence-electron chi connectivity index (χ4n) is 1.74. The maximum absolute atomic E-state index is 12.8. The zero-order chi connectivity index (χ0) is 14.6. The summed E-state index contributed by atoms with van der Waals surface area (Å²) in [6.07, 6.45) is 3.94. The third-order valence-electron chi connectivity index (χ3n) is 2.99. The molecule has 0 spiro atoms. The Hall–Kier alpha value is -1.79. The second-order valence-corrected chi connectivity index (χ2v) is 6.43. The van der Waals surface area contributed by atoms with Crippen molar-refractivity contribution in [3.63, 3.8) is 0 Å². The van der Waals surface area contributed by atoms with E-state index in [4.69, 9.17) is 0 Å². The zero-order valence-corrected chi connectivity index (χ0v) is 11.8. The molecule has 1 aromatic carbocycles. The predicted octanol–water partition coefficient (Wildman–Crippen LogP) is 2.08. The van der Waals surface area contributed by atoms with Crippen molar-refractivity contribution in [2.45, 2.75) is 11.3 Å². The van der Waals surface area contributed by atoms with Crippen LogP contribution in [0.5, 0.6) is 0 Å². The van der Waals surface area contributed by atoms with E-state index < -0.39 is 15.8 Å². The molecule has 0 aliphatic heterocycles. The van der Waals surface area contributed by atoms with Gasteiger partial charge in [-0.2, -0.15) is 0 Å². The number of nitrogens with zero attached hydrogens (tertiary/aromatic N) is 2. The van der Waals surface area contributed by atoms with Crippen molar-refractivity contribution >= 4 is 10.0 Å². The lowest BCUT2D eigenvalue weighted by atomic mass is 10.2. The fraction of sp³-hybridized carbons (Fsp3) is 0.214. The largest absolute Gasteiger partial charge is 0.265 e. The van der Waals surface area contributed by atoms with Gasteiger partial charge in [0.2, 0.25) is 10.0 Å². The molecule has 6 heteroatoms. The molecule has 20 heavy (non-hydrogen) atoms. The number of rotatable bonds is 5. The minimum atomic E-state index is -3.57. The van der Waals surface area contributed by atoms with Crippen LogP contribution in [0.4, 0.5) is 4.39 Å². The first-order valence-electron chi connectivity index (χ1n) is 6.11. The highest BCUT2D eigenvalue weighted by atomic mass is 32.2. The predicted molar refractivity (Wildman–Crippen MR) is 74.2 cm³/mol. The first-order chi connectivity index (χ1) is 9.50. The van der Waals surface area contributed by atoms with Crippen LogP contribution >= 0.6 is 0 Å². The third-order valence-corrected chi connectivity index (χ3v) is 4.86. The maximum atomic E-state index is 12.8. The van der Waals surface area contributed by atoms with Crippen LogP contribution in [0.25, 0.3) is 0 Å².